The number of ether oxygens (including phenoxy) is 2. The standard InChI is InChI=1S/C36H47NO3/c1-34(2)22-39-36(40-23-34)17-16-28-27(19-36)12-13-29-31-14-15-32(38)35(31,3)20-30(33(28)29)26-10-8-24(9-11-26)6-7-25-5-4-18-37-21-25/h4-5,8-11,18,21,27,29-32,38H,6-7,12-17,19-20,22-23H2,1-3H3. The molecule has 7 rings (SSSR count). The fraction of sp³-hybridized carbons (Fsp3) is 0.639. The van der Waals surface area contributed by atoms with E-state index in [1.165, 1.54) is 36.0 Å². The van der Waals surface area contributed by atoms with Gasteiger partial charge in [0.2, 0.25) is 0 Å². The van der Waals surface area contributed by atoms with Crippen molar-refractivity contribution in [3.63, 3.8) is 0 Å². The lowest BCUT2D eigenvalue weighted by molar-refractivity contribution is -0.312. The minimum absolute atomic E-state index is 0.0161. The van der Waals surface area contributed by atoms with Crippen molar-refractivity contribution in [1.82, 2.24) is 4.98 Å². The van der Waals surface area contributed by atoms with Gasteiger partial charge < -0.3 is 14.6 Å². The van der Waals surface area contributed by atoms with Crippen LogP contribution < -0.4 is 0 Å². The van der Waals surface area contributed by atoms with Gasteiger partial charge in [-0.25, -0.2) is 0 Å². The van der Waals surface area contributed by atoms with Crippen LogP contribution in [0.15, 0.2) is 59.9 Å². The summed E-state index contributed by atoms with van der Waals surface area (Å²) in [5.74, 6) is 1.82. The third-order valence-electron chi connectivity index (χ3n) is 11.5. The molecule has 1 aliphatic heterocycles. The molecule has 40 heavy (non-hydrogen) atoms. The zero-order chi connectivity index (χ0) is 27.5. The number of benzene rings is 1. The molecule has 0 amide bonds. The molecule has 0 radical (unpaired) electrons. The van der Waals surface area contributed by atoms with Crippen LogP contribution in [0.2, 0.25) is 0 Å². The molecule has 4 fully saturated rings. The largest absolute Gasteiger partial charge is 0.393 e. The van der Waals surface area contributed by atoms with Crippen LogP contribution in [0, 0.1) is 28.6 Å². The molecule has 1 spiro atoms. The molecule has 2 heterocycles. The summed E-state index contributed by atoms with van der Waals surface area (Å²) in [4.78, 5) is 4.28. The minimum Gasteiger partial charge on any atom is -0.393 e. The lowest BCUT2D eigenvalue weighted by Crippen LogP contribution is -2.52. The van der Waals surface area contributed by atoms with E-state index in [4.69, 9.17) is 9.47 Å². The van der Waals surface area contributed by atoms with Crippen LogP contribution in [0.4, 0.5) is 0 Å². The predicted octanol–water partition coefficient (Wildman–Crippen LogP) is 7.41. The van der Waals surface area contributed by atoms with Crippen molar-refractivity contribution < 1.29 is 14.6 Å². The monoisotopic (exact) mass is 541 g/mol. The fourth-order valence-corrected chi connectivity index (χ4v) is 9.25. The highest BCUT2D eigenvalue weighted by atomic mass is 16.7. The summed E-state index contributed by atoms with van der Waals surface area (Å²) in [5, 5.41) is 11.2. The van der Waals surface area contributed by atoms with Gasteiger partial charge in [-0.15, -0.1) is 0 Å². The number of aromatic nitrogens is 1. The smallest absolute Gasteiger partial charge is 0.169 e. The van der Waals surface area contributed by atoms with Gasteiger partial charge in [0.05, 0.1) is 19.3 Å². The van der Waals surface area contributed by atoms with E-state index in [0.29, 0.717) is 23.7 Å². The summed E-state index contributed by atoms with van der Waals surface area (Å²) >= 11 is 0. The molecule has 214 valence electrons. The van der Waals surface area contributed by atoms with E-state index in [0.717, 1.165) is 58.2 Å². The number of hydrogen-bond donors (Lipinski definition) is 1. The normalized spacial score (nSPS) is 36.1. The molecule has 4 nitrogen and oxygen atoms in total. The molecule has 1 aromatic carbocycles. The van der Waals surface area contributed by atoms with Crippen LogP contribution in [-0.2, 0) is 22.3 Å². The molecule has 2 aromatic rings. The number of nitrogens with zero attached hydrogens (tertiary/aromatic N) is 1. The third kappa shape index (κ3) is 4.68. The van der Waals surface area contributed by atoms with Gasteiger partial charge in [0.15, 0.2) is 5.79 Å². The van der Waals surface area contributed by atoms with Crippen molar-refractivity contribution in [2.75, 3.05) is 13.2 Å². The molecule has 4 heteroatoms. The highest BCUT2D eigenvalue weighted by Gasteiger charge is 2.57. The van der Waals surface area contributed by atoms with E-state index in [1.54, 1.807) is 11.1 Å². The average Bonchev–Trinajstić information content (AvgIpc) is 3.27. The maximum absolute atomic E-state index is 11.2. The van der Waals surface area contributed by atoms with E-state index < -0.39 is 0 Å². The fourth-order valence-electron chi connectivity index (χ4n) is 9.25. The first-order valence-electron chi connectivity index (χ1n) is 15.9. The Morgan fingerprint density at radius 2 is 1.68 bits per heavy atom. The number of aliphatic hydroxyl groups excluding tert-OH is 1. The van der Waals surface area contributed by atoms with E-state index in [9.17, 15) is 5.11 Å². The topological polar surface area (TPSA) is 51.6 Å². The summed E-state index contributed by atoms with van der Waals surface area (Å²) < 4.78 is 13.0. The van der Waals surface area contributed by atoms with Gasteiger partial charge in [0, 0.05) is 36.6 Å². The second kappa shape index (κ2) is 10.1. The second-order valence-electron chi connectivity index (χ2n) is 14.8. The summed E-state index contributed by atoms with van der Waals surface area (Å²) in [6.07, 6.45) is 14.5. The highest BCUT2D eigenvalue weighted by molar-refractivity contribution is 5.41. The Morgan fingerprint density at radius 3 is 2.42 bits per heavy atom. The SMILES string of the molecule is CC1(C)COC2(CCC3=C4C(c5ccc(CCc6cccnc6)cc5)CC5(C)C(O)CCC5C4CCC3C2)OC1. The number of aryl methyl sites for hydroxylation is 2. The number of pyridine rings is 1. The van der Waals surface area contributed by atoms with Gasteiger partial charge >= 0.3 is 0 Å². The van der Waals surface area contributed by atoms with Gasteiger partial charge in [-0.3, -0.25) is 4.98 Å². The summed E-state index contributed by atoms with van der Waals surface area (Å²) in [6.45, 7) is 8.47. The van der Waals surface area contributed by atoms with Crippen LogP contribution in [0.1, 0.15) is 94.7 Å². The lowest BCUT2D eigenvalue weighted by Gasteiger charge is -2.55. The highest BCUT2D eigenvalue weighted by Crippen LogP contribution is 2.65. The van der Waals surface area contributed by atoms with Gasteiger partial charge in [-0.1, -0.05) is 62.2 Å². The Hall–Kier alpha value is -2.01. The third-order valence-corrected chi connectivity index (χ3v) is 11.5. The first-order valence-corrected chi connectivity index (χ1v) is 15.9. The van der Waals surface area contributed by atoms with Gasteiger partial charge in [0.1, 0.15) is 0 Å². The van der Waals surface area contributed by atoms with E-state index in [2.05, 4.69) is 56.1 Å². The molecule has 1 N–H and O–H groups in total. The van der Waals surface area contributed by atoms with Crippen molar-refractivity contribution in [2.24, 2.45) is 28.6 Å². The van der Waals surface area contributed by atoms with Crippen LogP contribution in [-0.4, -0.2) is 35.2 Å². The Labute approximate surface area is 240 Å². The lowest BCUT2D eigenvalue weighted by atomic mass is 9.52. The van der Waals surface area contributed by atoms with Crippen molar-refractivity contribution in [2.45, 2.75) is 103 Å². The molecule has 1 saturated heterocycles. The Balaban J connectivity index is 1.18. The molecule has 1 aromatic heterocycles. The number of fused-ring (bicyclic) bond motifs is 4. The zero-order valence-electron chi connectivity index (χ0n) is 24.7. The van der Waals surface area contributed by atoms with Gasteiger partial charge in [-0.05, 0) is 97.3 Å². The molecule has 6 unspecified atom stereocenters. The maximum atomic E-state index is 11.2. The number of rotatable bonds is 4. The van der Waals surface area contributed by atoms with E-state index in [-0.39, 0.29) is 22.7 Å². The Kier molecular flexibility index (Phi) is 6.76. The number of aliphatic hydroxyl groups is 1. The zero-order valence-corrected chi connectivity index (χ0v) is 24.7. The Bertz CT molecular complexity index is 1240. The molecule has 3 saturated carbocycles. The van der Waals surface area contributed by atoms with Crippen molar-refractivity contribution in [3.05, 3.63) is 76.6 Å². The first kappa shape index (κ1) is 26.9. The van der Waals surface area contributed by atoms with E-state index >= 15 is 0 Å². The van der Waals surface area contributed by atoms with Crippen LogP contribution in [0.5, 0.6) is 0 Å². The first-order chi connectivity index (χ1) is 19.3. The molecule has 6 atom stereocenters. The quantitative estimate of drug-likeness (QED) is 0.410. The summed E-state index contributed by atoms with van der Waals surface area (Å²) in [6, 6.07) is 13.7. The number of allylic oxidation sites excluding steroid dienone is 2. The van der Waals surface area contributed by atoms with Gasteiger partial charge in [-0.2, -0.15) is 0 Å². The Morgan fingerprint density at radius 1 is 0.900 bits per heavy atom. The van der Waals surface area contributed by atoms with Crippen LogP contribution >= 0.6 is 0 Å². The minimum atomic E-state index is -0.380. The van der Waals surface area contributed by atoms with Crippen LogP contribution in [0.25, 0.3) is 0 Å². The van der Waals surface area contributed by atoms with Crippen molar-refractivity contribution >= 4 is 0 Å². The summed E-state index contributed by atoms with van der Waals surface area (Å²) in [7, 11) is 0. The van der Waals surface area contributed by atoms with E-state index in [1.807, 2.05) is 18.5 Å². The molecule has 5 aliphatic rings. The van der Waals surface area contributed by atoms with Crippen molar-refractivity contribution in [3.8, 4) is 0 Å². The van der Waals surface area contributed by atoms with Crippen LogP contribution in [0.3, 0.4) is 0 Å². The molecular formula is C36H47NO3. The summed E-state index contributed by atoms with van der Waals surface area (Å²) in [5.41, 5.74) is 7.73. The number of hydrogen-bond acceptors (Lipinski definition) is 4. The predicted molar refractivity (Wildman–Crippen MR) is 158 cm³/mol. The average molecular weight is 542 g/mol. The molecule has 4 aliphatic carbocycles. The van der Waals surface area contributed by atoms with Crippen molar-refractivity contribution in [1.29, 1.82) is 0 Å². The molecule has 0 bridgehead atoms. The second-order valence-corrected chi connectivity index (χ2v) is 14.8. The maximum Gasteiger partial charge on any atom is 0.169 e. The van der Waals surface area contributed by atoms with Gasteiger partial charge in [0.25, 0.3) is 0 Å². The molecular weight excluding hydrogens is 494 g/mol.